The van der Waals surface area contributed by atoms with Crippen molar-refractivity contribution in [1.29, 1.82) is 0 Å². The van der Waals surface area contributed by atoms with Gasteiger partial charge in [-0.3, -0.25) is 9.59 Å². The molecule has 0 aromatic heterocycles. The van der Waals surface area contributed by atoms with Crippen LogP contribution >= 0.6 is 0 Å². The first-order valence-corrected chi connectivity index (χ1v) is 8.10. The Kier molecular flexibility index (Phi) is 4.66. The first-order chi connectivity index (χ1) is 10.1. The van der Waals surface area contributed by atoms with Crippen LogP contribution in [0.5, 0.6) is 0 Å². The maximum atomic E-state index is 12.5. The SMILES string of the molecule is C=CCN1CC(C(=O)NC2CC(C)(C)NC(C)(C)C2)CC1=O. The Hall–Kier alpha value is -1.36. The number of piperidine rings is 1. The van der Waals surface area contributed by atoms with Crippen molar-refractivity contribution in [3.8, 4) is 0 Å². The number of rotatable bonds is 4. The first kappa shape index (κ1) is 17.0. The van der Waals surface area contributed by atoms with Crippen molar-refractivity contribution in [3.05, 3.63) is 12.7 Å². The van der Waals surface area contributed by atoms with Crippen LogP contribution in [0.3, 0.4) is 0 Å². The van der Waals surface area contributed by atoms with Gasteiger partial charge >= 0.3 is 0 Å². The number of likely N-dealkylation sites (tertiary alicyclic amines) is 1. The third kappa shape index (κ3) is 4.09. The molecular formula is C17H29N3O2. The fraction of sp³-hybridized carbons (Fsp3) is 0.765. The summed E-state index contributed by atoms with van der Waals surface area (Å²) in [6, 6.07) is 0.155. The largest absolute Gasteiger partial charge is 0.353 e. The van der Waals surface area contributed by atoms with E-state index in [-0.39, 0.29) is 34.9 Å². The highest BCUT2D eigenvalue weighted by Crippen LogP contribution is 2.29. The van der Waals surface area contributed by atoms with E-state index in [1.54, 1.807) is 11.0 Å². The topological polar surface area (TPSA) is 61.4 Å². The number of amides is 2. The van der Waals surface area contributed by atoms with Crippen molar-refractivity contribution < 1.29 is 9.59 Å². The molecule has 0 radical (unpaired) electrons. The minimum absolute atomic E-state index is 0.0000669. The Morgan fingerprint density at radius 3 is 2.50 bits per heavy atom. The lowest BCUT2D eigenvalue weighted by atomic mass is 9.79. The molecule has 0 aliphatic carbocycles. The van der Waals surface area contributed by atoms with Gasteiger partial charge in [-0.25, -0.2) is 0 Å². The monoisotopic (exact) mass is 307 g/mol. The van der Waals surface area contributed by atoms with E-state index in [2.05, 4.69) is 44.9 Å². The van der Waals surface area contributed by atoms with E-state index in [0.717, 1.165) is 12.8 Å². The molecular weight excluding hydrogens is 278 g/mol. The molecule has 1 atom stereocenters. The van der Waals surface area contributed by atoms with Crippen LogP contribution in [-0.2, 0) is 9.59 Å². The van der Waals surface area contributed by atoms with Gasteiger partial charge < -0.3 is 15.5 Å². The number of nitrogens with zero attached hydrogens (tertiary/aromatic N) is 1. The van der Waals surface area contributed by atoms with Crippen molar-refractivity contribution in [3.63, 3.8) is 0 Å². The van der Waals surface area contributed by atoms with E-state index in [1.807, 2.05) is 0 Å². The second kappa shape index (κ2) is 6.03. The van der Waals surface area contributed by atoms with Gasteiger partial charge in [0, 0.05) is 36.6 Å². The Balaban J connectivity index is 1.95. The average Bonchev–Trinajstić information content (AvgIpc) is 2.67. The zero-order chi connectivity index (χ0) is 16.5. The van der Waals surface area contributed by atoms with Gasteiger partial charge in [0.05, 0.1) is 5.92 Å². The van der Waals surface area contributed by atoms with Gasteiger partial charge in [-0.05, 0) is 40.5 Å². The molecule has 2 heterocycles. The Morgan fingerprint density at radius 2 is 1.95 bits per heavy atom. The van der Waals surface area contributed by atoms with E-state index in [4.69, 9.17) is 0 Å². The van der Waals surface area contributed by atoms with Crippen LogP contribution < -0.4 is 10.6 Å². The van der Waals surface area contributed by atoms with Gasteiger partial charge in [0.25, 0.3) is 0 Å². The van der Waals surface area contributed by atoms with Gasteiger partial charge in [-0.2, -0.15) is 0 Å². The van der Waals surface area contributed by atoms with Gasteiger partial charge in [0.15, 0.2) is 0 Å². The summed E-state index contributed by atoms with van der Waals surface area (Å²) in [7, 11) is 0. The highest BCUT2D eigenvalue weighted by molar-refractivity contribution is 5.89. The molecule has 2 aliphatic rings. The van der Waals surface area contributed by atoms with Crippen LogP contribution in [0, 0.1) is 5.92 Å². The van der Waals surface area contributed by atoms with Crippen LogP contribution in [-0.4, -0.2) is 46.9 Å². The molecule has 22 heavy (non-hydrogen) atoms. The fourth-order valence-electron chi connectivity index (χ4n) is 4.02. The predicted octanol–water partition coefficient (Wildman–Crippen LogP) is 1.45. The summed E-state index contributed by atoms with van der Waals surface area (Å²) in [6.45, 7) is 13.3. The molecule has 0 aromatic rings. The fourth-order valence-corrected chi connectivity index (χ4v) is 4.02. The predicted molar refractivity (Wildman–Crippen MR) is 87.3 cm³/mol. The molecule has 2 N–H and O–H groups in total. The van der Waals surface area contributed by atoms with Crippen LogP contribution in [0.25, 0.3) is 0 Å². The second-order valence-electron chi connectivity index (χ2n) is 7.99. The van der Waals surface area contributed by atoms with Crippen LogP contribution in [0.15, 0.2) is 12.7 Å². The normalized spacial score (nSPS) is 27.7. The molecule has 2 rings (SSSR count). The summed E-state index contributed by atoms with van der Waals surface area (Å²) in [5.74, 6) is -0.169. The van der Waals surface area contributed by atoms with Crippen molar-refractivity contribution in [2.45, 2.75) is 64.1 Å². The number of hydrogen-bond donors (Lipinski definition) is 2. The summed E-state index contributed by atoms with van der Waals surface area (Å²) < 4.78 is 0. The third-order valence-corrected chi connectivity index (χ3v) is 4.47. The van der Waals surface area contributed by atoms with Crippen LogP contribution in [0.4, 0.5) is 0 Å². The van der Waals surface area contributed by atoms with Crippen molar-refractivity contribution in [2.24, 2.45) is 5.92 Å². The van der Waals surface area contributed by atoms with Crippen molar-refractivity contribution >= 4 is 11.8 Å². The van der Waals surface area contributed by atoms with Crippen molar-refractivity contribution in [1.82, 2.24) is 15.5 Å². The Bertz CT molecular complexity index is 455. The molecule has 1 unspecified atom stereocenters. The lowest BCUT2D eigenvalue weighted by molar-refractivity contribution is -0.129. The van der Waals surface area contributed by atoms with E-state index >= 15 is 0 Å². The number of carbonyl (C=O) groups excluding carboxylic acids is 2. The molecule has 124 valence electrons. The van der Waals surface area contributed by atoms with Crippen LogP contribution in [0.1, 0.15) is 47.0 Å². The highest BCUT2D eigenvalue weighted by Gasteiger charge is 2.40. The number of hydrogen-bond acceptors (Lipinski definition) is 3. The maximum absolute atomic E-state index is 12.5. The smallest absolute Gasteiger partial charge is 0.225 e. The second-order valence-corrected chi connectivity index (χ2v) is 7.99. The maximum Gasteiger partial charge on any atom is 0.225 e. The summed E-state index contributed by atoms with van der Waals surface area (Å²) in [5, 5.41) is 6.78. The molecule has 2 saturated heterocycles. The average molecular weight is 307 g/mol. The minimum Gasteiger partial charge on any atom is -0.353 e. The van der Waals surface area contributed by atoms with Crippen molar-refractivity contribution in [2.75, 3.05) is 13.1 Å². The highest BCUT2D eigenvalue weighted by atomic mass is 16.2. The molecule has 0 spiro atoms. The lowest BCUT2D eigenvalue weighted by Crippen LogP contribution is -2.62. The van der Waals surface area contributed by atoms with Gasteiger partial charge in [-0.15, -0.1) is 6.58 Å². The molecule has 2 fully saturated rings. The summed E-state index contributed by atoms with van der Waals surface area (Å²) >= 11 is 0. The zero-order valence-corrected chi connectivity index (χ0v) is 14.2. The summed E-state index contributed by atoms with van der Waals surface area (Å²) in [6.07, 6.45) is 3.83. The standard InChI is InChI=1S/C17H29N3O2/c1-6-7-20-11-12(8-14(20)21)15(22)18-13-9-16(2,3)19-17(4,5)10-13/h6,12-13,19H,1,7-11H2,2-5H3,(H,18,22). The third-order valence-electron chi connectivity index (χ3n) is 4.47. The van der Waals surface area contributed by atoms with Gasteiger partial charge in [0.2, 0.25) is 11.8 Å². The minimum atomic E-state index is -0.228. The quantitative estimate of drug-likeness (QED) is 0.773. The Morgan fingerprint density at radius 1 is 1.36 bits per heavy atom. The molecule has 5 nitrogen and oxygen atoms in total. The number of carbonyl (C=O) groups is 2. The van der Waals surface area contributed by atoms with E-state index < -0.39 is 0 Å². The zero-order valence-electron chi connectivity index (χ0n) is 14.2. The first-order valence-electron chi connectivity index (χ1n) is 8.10. The molecule has 5 heteroatoms. The lowest BCUT2D eigenvalue weighted by Gasteiger charge is -2.46. The molecule has 0 saturated carbocycles. The van der Waals surface area contributed by atoms with E-state index in [0.29, 0.717) is 19.5 Å². The van der Waals surface area contributed by atoms with E-state index in [1.165, 1.54) is 0 Å². The number of nitrogens with one attached hydrogen (secondary N) is 2. The molecule has 0 aromatic carbocycles. The van der Waals surface area contributed by atoms with Gasteiger partial charge in [0.1, 0.15) is 0 Å². The Labute approximate surface area is 133 Å². The van der Waals surface area contributed by atoms with Gasteiger partial charge in [-0.1, -0.05) is 6.08 Å². The molecule has 2 amide bonds. The molecule has 0 bridgehead atoms. The molecule has 2 aliphatic heterocycles. The summed E-state index contributed by atoms with van der Waals surface area (Å²) in [5.41, 5.74) is 0.000134. The van der Waals surface area contributed by atoms with E-state index in [9.17, 15) is 9.59 Å². The van der Waals surface area contributed by atoms with Crippen LogP contribution in [0.2, 0.25) is 0 Å². The summed E-state index contributed by atoms with van der Waals surface area (Å²) in [4.78, 5) is 26.1.